The van der Waals surface area contributed by atoms with E-state index in [0.29, 0.717) is 11.1 Å². The Bertz CT molecular complexity index is 871. The fourth-order valence-electron chi connectivity index (χ4n) is 2.82. The van der Waals surface area contributed by atoms with Crippen molar-refractivity contribution in [2.75, 3.05) is 7.11 Å². The van der Waals surface area contributed by atoms with Crippen LogP contribution >= 0.6 is 0 Å². The van der Waals surface area contributed by atoms with Crippen LogP contribution in [0.25, 0.3) is 0 Å². The van der Waals surface area contributed by atoms with Gasteiger partial charge in [0.1, 0.15) is 23.7 Å². The molecule has 0 aliphatic heterocycles. The number of esters is 1. The molecule has 8 heteroatoms. The van der Waals surface area contributed by atoms with Gasteiger partial charge in [0.25, 0.3) is 0 Å². The number of amides is 2. The number of carbonyl (C=O) groups is 3. The maximum Gasteiger partial charge on any atom is 0.328 e. The van der Waals surface area contributed by atoms with Gasteiger partial charge in [0.05, 0.1) is 7.11 Å². The number of methoxy groups -OCH3 is 1. The van der Waals surface area contributed by atoms with Crippen molar-refractivity contribution in [1.82, 2.24) is 10.6 Å². The van der Waals surface area contributed by atoms with Crippen LogP contribution < -0.4 is 10.6 Å². The SMILES string of the molecule is COC(=O)[C@H](Cc1ccc(F)cc1)NC(=O)[C@@H](Cc1cccc(F)c1)NC(C)=O. The average Bonchev–Trinajstić information content (AvgIpc) is 2.67. The maximum absolute atomic E-state index is 13.4. The molecule has 2 aromatic carbocycles. The van der Waals surface area contributed by atoms with Crippen LogP contribution in [0.4, 0.5) is 8.78 Å². The van der Waals surface area contributed by atoms with E-state index in [1.807, 2.05) is 0 Å². The fraction of sp³-hybridized carbons (Fsp3) is 0.286. The molecule has 2 rings (SSSR count). The molecule has 2 amide bonds. The van der Waals surface area contributed by atoms with Gasteiger partial charge in [0, 0.05) is 19.8 Å². The van der Waals surface area contributed by atoms with Crippen LogP contribution in [0.3, 0.4) is 0 Å². The summed E-state index contributed by atoms with van der Waals surface area (Å²) in [5.74, 6) is -2.65. The average molecular weight is 404 g/mol. The first-order valence-electron chi connectivity index (χ1n) is 8.92. The zero-order valence-corrected chi connectivity index (χ0v) is 16.1. The van der Waals surface area contributed by atoms with Gasteiger partial charge in [-0.3, -0.25) is 9.59 Å². The van der Waals surface area contributed by atoms with Gasteiger partial charge in [0.2, 0.25) is 11.8 Å². The van der Waals surface area contributed by atoms with Crippen LogP contribution in [0.2, 0.25) is 0 Å². The van der Waals surface area contributed by atoms with Gasteiger partial charge in [-0.15, -0.1) is 0 Å². The van der Waals surface area contributed by atoms with Gasteiger partial charge in [0.15, 0.2) is 0 Å². The van der Waals surface area contributed by atoms with Gasteiger partial charge in [-0.25, -0.2) is 13.6 Å². The van der Waals surface area contributed by atoms with E-state index in [2.05, 4.69) is 10.6 Å². The number of ether oxygens (including phenoxy) is 1. The number of rotatable bonds is 8. The molecule has 0 aromatic heterocycles. The van der Waals surface area contributed by atoms with Crippen LogP contribution in [0, 0.1) is 11.6 Å². The Labute approximate surface area is 167 Å². The molecule has 2 aromatic rings. The van der Waals surface area contributed by atoms with Gasteiger partial charge in [-0.05, 0) is 35.4 Å². The highest BCUT2D eigenvalue weighted by atomic mass is 19.1. The summed E-state index contributed by atoms with van der Waals surface area (Å²) in [5, 5.41) is 5.06. The first kappa shape index (κ1) is 22.0. The Morgan fingerprint density at radius 2 is 1.55 bits per heavy atom. The van der Waals surface area contributed by atoms with E-state index >= 15 is 0 Å². The summed E-state index contributed by atoms with van der Waals surface area (Å²) in [4.78, 5) is 36.4. The molecule has 154 valence electrons. The Hall–Kier alpha value is -3.29. The highest BCUT2D eigenvalue weighted by molar-refractivity contribution is 5.90. The van der Waals surface area contributed by atoms with Crippen LogP contribution in [0.5, 0.6) is 0 Å². The number of benzene rings is 2. The number of hydrogen-bond acceptors (Lipinski definition) is 4. The topological polar surface area (TPSA) is 84.5 Å². The zero-order valence-electron chi connectivity index (χ0n) is 16.1. The van der Waals surface area contributed by atoms with Gasteiger partial charge < -0.3 is 15.4 Å². The Kier molecular flexibility index (Phi) is 7.82. The molecule has 0 saturated carbocycles. The van der Waals surface area contributed by atoms with Crippen molar-refractivity contribution in [3.05, 3.63) is 71.3 Å². The minimum atomic E-state index is -1.04. The van der Waals surface area contributed by atoms with Crippen molar-refractivity contribution in [2.45, 2.75) is 31.8 Å². The minimum absolute atomic E-state index is 0.0353. The van der Waals surface area contributed by atoms with Crippen molar-refractivity contribution in [2.24, 2.45) is 0 Å². The molecule has 29 heavy (non-hydrogen) atoms. The van der Waals surface area contributed by atoms with Crippen molar-refractivity contribution >= 4 is 17.8 Å². The summed E-state index contributed by atoms with van der Waals surface area (Å²) in [6.45, 7) is 1.25. The second-order valence-electron chi connectivity index (χ2n) is 6.50. The molecule has 0 bridgehead atoms. The lowest BCUT2D eigenvalue weighted by Crippen LogP contribution is -2.53. The second-order valence-corrected chi connectivity index (χ2v) is 6.50. The quantitative estimate of drug-likeness (QED) is 0.659. The van der Waals surface area contributed by atoms with Gasteiger partial charge in [-0.1, -0.05) is 24.3 Å². The Balaban J connectivity index is 2.16. The van der Waals surface area contributed by atoms with Crippen LogP contribution in [-0.4, -0.2) is 37.0 Å². The fourth-order valence-corrected chi connectivity index (χ4v) is 2.82. The third-order valence-electron chi connectivity index (χ3n) is 4.18. The molecular weight excluding hydrogens is 382 g/mol. The molecule has 0 aliphatic carbocycles. The lowest BCUT2D eigenvalue weighted by atomic mass is 10.0. The summed E-state index contributed by atoms with van der Waals surface area (Å²) in [7, 11) is 1.18. The van der Waals surface area contributed by atoms with E-state index in [9.17, 15) is 23.2 Å². The molecule has 0 spiro atoms. The van der Waals surface area contributed by atoms with Crippen LogP contribution in [0.1, 0.15) is 18.1 Å². The first-order chi connectivity index (χ1) is 13.8. The van der Waals surface area contributed by atoms with Crippen molar-refractivity contribution in [3.8, 4) is 0 Å². The molecule has 0 unspecified atom stereocenters. The first-order valence-corrected chi connectivity index (χ1v) is 8.92. The highest BCUT2D eigenvalue weighted by Gasteiger charge is 2.27. The molecule has 0 saturated heterocycles. The Morgan fingerprint density at radius 1 is 0.897 bits per heavy atom. The van der Waals surface area contributed by atoms with Crippen molar-refractivity contribution in [3.63, 3.8) is 0 Å². The molecule has 2 N–H and O–H groups in total. The minimum Gasteiger partial charge on any atom is -0.467 e. The summed E-state index contributed by atoms with van der Waals surface area (Å²) >= 11 is 0. The largest absolute Gasteiger partial charge is 0.467 e. The smallest absolute Gasteiger partial charge is 0.328 e. The lowest BCUT2D eigenvalue weighted by molar-refractivity contribution is -0.145. The van der Waals surface area contributed by atoms with Crippen LogP contribution in [0.15, 0.2) is 48.5 Å². The third-order valence-corrected chi connectivity index (χ3v) is 4.18. The van der Waals surface area contributed by atoms with Crippen LogP contribution in [-0.2, 0) is 32.0 Å². The van der Waals surface area contributed by atoms with E-state index in [0.717, 1.165) is 0 Å². The summed E-state index contributed by atoms with van der Waals surface area (Å²) in [6, 6.07) is 9.08. The van der Waals surface area contributed by atoms with Gasteiger partial charge >= 0.3 is 5.97 Å². The van der Waals surface area contributed by atoms with Crippen molar-refractivity contribution < 1.29 is 27.9 Å². The van der Waals surface area contributed by atoms with E-state index in [1.54, 1.807) is 6.07 Å². The monoisotopic (exact) mass is 404 g/mol. The highest BCUT2D eigenvalue weighted by Crippen LogP contribution is 2.10. The maximum atomic E-state index is 13.4. The standard InChI is InChI=1S/C21H22F2N2O4/c1-13(26)24-18(12-15-4-3-5-17(23)10-15)20(27)25-19(21(28)29-2)11-14-6-8-16(22)9-7-14/h3-10,18-19H,11-12H2,1-2H3,(H,24,26)(H,25,27)/t18-,19+/m1/s1. The Morgan fingerprint density at radius 3 is 2.14 bits per heavy atom. The van der Waals surface area contributed by atoms with E-state index in [4.69, 9.17) is 4.74 Å². The normalized spacial score (nSPS) is 12.6. The molecule has 0 aliphatic rings. The number of hydrogen-bond donors (Lipinski definition) is 2. The molecule has 2 atom stereocenters. The second kappa shape index (κ2) is 10.3. The predicted molar refractivity (Wildman–Crippen MR) is 102 cm³/mol. The molecule has 0 radical (unpaired) electrons. The number of nitrogens with one attached hydrogen (secondary N) is 2. The number of carbonyl (C=O) groups excluding carboxylic acids is 3. The molecular formula is C21H22F2N2O4. The van der Waals surface area contributed by atoms with E-state index < -0.39 is 41.5 Å². The summed E-state index contributed by atoms with van der Waals surface area (Å²) in [6.07, 6.45) is 0.110. The molecule has 0 heterocycles. The summed E-state index contributed by atoms with van der Waals surface area (Å²) in [5.41, 5.74) is 1.12. The third kappa shape index (κ3) is 6.99. The molecule has 6 nitrogen and oxygen atoms in total. The lowest BCUT2D eigenvalue weighted by Gasteiger charge is -2.22. The molecule has 0 fully saturated rings. The summed E-state index contributed by atoms with van der Waals surface area (Å²) < 4.78 is 31.3. The van der Waals surface area contributed by atoms with Gasteiger partial charge in [-0.2, -0.15) is 0 Å². The number of halogens is 2. The zero-order chi connectivity index (χ0) is 21.4. The van der Waals surface area contributed by atoms with Crippen molar-refractivity contribution in [1.29, 1.82) is 0 Å². The van der Waals surface area contributed by atoms with E-state index in [-0.39, 0.29) is 12.8 Å². The predicted octanol–water partition coefficient (Wildman–Crippen LogP) is 1.91. The van der Waals surface area contributed by atoms with E-state index in [1.165, 1.54) is 56.5 Å².